The number of halogens is 2. The predicted molar refractivity (Wildman–Crippen MR) is 79.6 cm³/mol. The molecule has 1 aromatic carbocycles. The van der Waals surface area contributed by atoms with Crippen LogP contribution in [0.2, 0.25) is 10.0 Å². The first-order chi connectivity index (χ1) is 9.54. The molecule has 0 spiro atoms. The van der Waals surface area contributed by atoms with Crippen LogP contribution in [0.25, 0.3) is 11.3 Å². The van der Waals surface area contributed by atoms with Crippen molar-refractivity contribution >= 4 is 29.2 Å². The van der Waals surface area contributed by atoms with Crippen LogP contribution in [-0.2, 0) is 6.54 Å². The maximum atomic E-state index is 11.3. The largest absolute Gasteiger partial charge is 0.478 e. The number of aromatic carboxylic acids is 1. The molecule has 106 valence electrons. The Balaban J connectivity index is 2.51. The number of carbonyl (C=O) groups is 1. The second kappa shape index (κ2) is 6.29. The Morgan fingerprint density at radius 2 is 2.15 bits per heavy atom. The van der Waals surface area contributed by atoms with Crippen LogP contribution >= 0.6 is 23.2 Å². The van der Waals surface area contributed by atoms with E-state index in [1.165, 1.54) is 6.20 Å². The van der Waals surface area contributed by atoms with E-state index in [2.05, 4.69) is 12.0 Å². The lowest BCUT2D eigenvalue weighted by Crippen LogP contribution is -1.98. The molecule has 2 rings (SSSR count). The molecule has 6 heteroatoms. The molecular formula is C14H14Cl2N2O2. The van der Waals surface area contributed by atoms with Gasteiger partial charge >= 0.3 is 5.97 Å². The summed E-state index contributed by atoms with van der Waals surface area (Å²) in [5.41, 5.74) is 1.01. The minimum absolute atomic E-state index is 0.130. The zero-order chi connectivity index (χ0) is 14.7. The van der Waals surface area contributed by atoms with Crippen LogP contribution in [0.4, 0.5) is 0 Å². The van der Waals surface area contributed by atoms with Gasteiger partial charge in [0.05, 0.1) is 10.0 Å². The van der Waals surface area contributed by atoms with Gasteiger partial charge in [-0.2, -0.15) is 5.10 Å². The van der Waals surface area contributed by atoms with E-state index in [0.717, 1.165) is 12.8 Å². The molecule has 1 N–H and O–H groups in total. The Morgan fingerprint density at radius 3 is 2.80 bits per heavy atom. The highest BCUT2D eigenvalue weighted by Gasteiger charge is 2.19. The van der Waals surface area contributed by atoms with Gasteiger partial charge in [0.15, 0.2) is 0 Å². The van der Waals surface area contributed by atoms with Crippen molar-refractivity contribution in [1.82, 2.24) is 9.78 Å². The summed E-state index contributed by atoms with van der Waals surface area (Å²) in [6.07, 6.45) is 3.48. The molecule has 0 atom stereocenters. The number of carboxylic acid groups (broad SMARTS) is 1. The number of nitrogens with zero attached hydrogens (tertiary/aromatic N) is 2. The smallest absolute Gasteiger partial charge is 0.339 e. The predicted octanol–water partition coefficient (Wildman–Crippen LogP) is 4.36. The van der Waals surface area contributed by atoms with Gasteiger partial charge < -0.3 is 5.11 Å². The number of unbranched alkanes of at least 4 members (excludes halogenated alkanes) is 1. The lowest BCUT2D eigenvalue weighted by atomic mass is 10.1. The number of aryl methyl sites for hydroxylation is 1. The van der Waals surface area contributed by atoms with E-state index >= 15 is 0 Å². The van der Waals surface area contributed by atoms with E-state index in [1.54, 1.807) is 22.9 Å². The molecule has 0 aliphatic carbocycles. The Morgan fingerprint density at radius 1 is 1.40 bits per heavy atom. The van der Waals surface area contributed by atoms with Crippen molar-refractivity contribution < 1.29 is 9.90 Å². The van der Waals surface area contributed by atoms with E-state index in [-0.39, 0.29) is 5.56 Å². The lowest BCUT2D eigenvalue weighted by molar-refractivity contribution is 0.0697. The zero-order valence-corrected chi connectivity index (χ0v) is 12.4. The molecular weight excluding hydrogens is 299 g/mol. The molecule has 1 aromatic heterocycles. The Bertz CT molecular complexity index is 638. The molecule has 0 bridgehead atoms. The topological polar surface area (TPSA) is 55.1 Å². The van der Waals surface area contributed by atoms with Crippen LogP contribution < -0.4 is 0 Å². The molecule has 0 aliphatic rings. The van der Waals surface area contributed by atoms with Crippen LogP contribution in [0, 0.1) is 0 Å². The van der Waals surface area contributed by atoms with Crippen molar-refractivity contribution in [1.29, 1.82) is 0 Å². The summed E-state index contributed by atoms with van der Waals surface area (Å²) in [5.74, 6) is -1.03. The average Bonchev–Trinajstić information content (AvgIpc) is 2.83. The van der Waals surface area contributed by atoms with E-state index in [9.17, 15) is 9.90 Å². The van der Waals surface area contributed by atoms with Gasteiger partial charge in [-0.25, -0.2) is 4.79 Å². The van der Waals surface area contributed by atoms with E-state index in [4.69, 9.17) is 23.2 Å². The first kappa shape index (κ1) is 14.9. The first-order valence-corrected chi connectivity index (χ1v) is 7.05. The molecule has 0 radical (unpaired) electrons. The van der Waals surface area contributed by atoms with Crippen LogP contribution in [0.1, 0.15) is 30.1 Å². The number of benzene rings is 1. The van der Waals surface area contributed by atoms with Crippen molar-refractivity contribution in [2.75, 3.05) is 0 Å². The van der Waals surface area contributed by atoms with Gasteiger partial charge in [-0.3, -0.25) is 4.68 Å². The minimum atomic E-state index is -1.03. The number of rotatable bonds is 5. The maximum absolute atomic E-state index is 11.3. The fraction of sp³-hybridized carbons (Fsp3) is 0.286. The van der Waals surface area contributed by atoms with Gasteiger partial charge in [0, 0.05) is 18.3 Å². The van der Waals surface area contributed by atoms with E-state index in [1.807, 2.05) is 0 Å². The fourth-order valence-electron chi connectivity index (χ4n) is 1.90. The molecule has 2 aromatic rings. The Labute approximate surface area is 126 Å². The maximum Gasteiger partial charge on any atom is 0.339 e. The Kier molecular flexibility index (Phi) is 4.68. The Hall–Kier alpha value is -1.52. The summed E-state index contributed by atoms with van der Waals surface area (Å²) in [4.78, 5) is 11.3. The first-order valence-electron chi connectivity index (χ1n) is 6.29. The summed E-state index contributed by atoms with van der Waals surface area (Å²) in [7, 11) is 0. The third-order valence-corrected chi connectivity index (χ3v) is 3.76. The highest BCUT2D eigenvalue weighted by atomic mass is 35.5. The molecule has 20 heavy (non-hydrogen) atoms. The van der Waals surface area contributed by atoms with Gasteiger partial charge in [0.25, 0.3) is 0 Å². The SMILES string of the molecule is CCCCn1cc(C(=O)O)c(-c2cccc(Cl)c2Cl)n1. The number of aromatic nitrogens is 2. The average molecular weight is 313 g/mol. The number of carboxylic acids is 1. The van der Waals surface area contributed by atoms with Crippen LogP contribution in [0.5, 0.6) is 0 Å². The summed E-state index contributed by atoms with van der Waals surface area (Å²) in [6, 6.07) is 5.09. The third kappa shape index (κ3) is 2.97. The van der Waals surface area contributed by atoms with Gasteiger partial charge in [-0.1, -0.05) is 48.7 Å². The molecule has 0 amide bonds. The van der Waals surface area contributed by atoms with Gasteiger partial charge in [0.1, 0.15) is 11.3 Å². The van der Waals surface area contributed by atoms with Crippen LogP contribution in [0.15, 0.2) is 24.4 Å². The highest BCUT2D eigenvalue weighted by Crippen LogP contribution is 2.34. The minimum Gasteiger partial charge on any atom is -0.478 e. The van der Waals surface area contributed by atoms with Gasteiger partial charge in [-0.05, 0) is 12.5 Å². The van der Waals surface area contributed by atoms with Crippen LogP contribution in [-0.4, -0.2) is 20.9 Å². The molecule has 0 saturated heterocycles. The van der Waals surface area contributed by atoms with Crippen molar-refractivity contribution in [3.05, 3.63) is 40.0 Å². The van der Waals surface area contributed by atoms with Crippen molar-refractivity contribution in [2.24, 2.45) is 0 Å². The number of hydrogen-bond acceptors (Lipinski definition) is 2. The summed E-state index contributed by atoms with van der Waals surface area (Å²) >= 11 is 12.1. The second-order valence-electron chi connectivity index (χ2n) is 4.41. The number of hydrogen-bond donors (Lipinski definition) is 1. The molecule has 1 heterocycles. The van der Waals surface area contributed by atoms with Gasteiger partial charge in [0.2, 0.25) is 0 Å². The van der Waals surface area contributed by atoms with Gasteiger partial charge in [-0.15, -0.1) is 0 Å². The normalized spacial score (nSPS) is 10.8. The quantitative estimate of drug-likeness (QED) is 0.892. The molecule has 0 aliphatic heterocycles. The molecule has 0 unspecified atom stereocenters. The van der Waals surface area contributed by atoms with Crippen LogP contribution in [0.3, 0.4) is 0 Å². The second-order valence-corrected chi connectivity index (χ2v) is 5.20. The summed E-state index contributed by atoms with van der Waals surface area (Å²) in [5, 5.41) is 14.3. The highest BCUT2D eigenvalue weighted by molar-refractivity contribution is 6.43. The fourth-order valence-corrected chi connectivity index (χ4v) is 2.29. The monoisotopic (exact) mass is 312 g/mol. The van der Waals surface area contributed by atoms with E-state index in [0.29, 0.717) is 27.8 Å². The lowest BCUT2D eigenvalue weighted by Gasteiger charge is -2.04. The van der Waals surface area contributed by atoms with Crippen molar-refractivity contribution in [3.8, 4) is 11.3 Å². The summed E-state index contributed by atoms with van der Waals surface area (Å²) in [6.45, 7) is 2.74. The molecule has 0 fully saturated rings. The van der Waals surface area contributed by atoms with Crippen molar-refractivity contribution in [3.63, 3.8) is 0 Å². The molecule has 4 nitrogen and oxygen atoms in total. The zero-order valence-electron chi connectivity index (χ0n) is 10.9. The standard InChI is InChI=1S/C14H14Cl2N2O2/c1-2-3-7-18-8-10(14(19)20)13(17-18)9-5-4-6-11(15)12(9)16/h4-6,8H,2-3,7H2,1H3,(H,19,20). The van der Waals surface area contributed by atoms with Crippen molar-refractivity contribution in [2.45, 2.75) is 26.3 Å². The van der Waals surface area contributed by atoms with E-state index < -0.39 is 5.97 Å². The summed E-state index contributed by atoms with van der Waals surface area (Å²) < 4.78 is 1.64. The molecule has 0 saturated carbocycles. The third-order valence-electron chi connectivity index (χ3n) is 2.94.